The molecule has 46 valence electrons. The van der Waals surface area contributed by atoms with E-state index in [9.17, 15) is 4.79 Å². The number of carbonyl (C=O) groups is 1. The molecule has 1 N–H and O–H groups in total. The minimum atomic E-state index is -1.03. The molecule has 0 spiro atoms. The number of aliphatic carboxylic acids is 1. The molecule has 0 atom stereocenters. The Morgan fingerprint density at radius 3 is 3.00 bits per heavy atom. The van der Waals surface area contributed by atoms with Gasteiger partial charge >= 0.3 is 5.97 Å². The van der Waals surface area contributed by atoms with Gasteiger partial charge in [0.25, 0.3) is 0 Å². The summed E-state index contributed by atoms with van der Waals surface area (Å²) in [6, 6.07) is 0.185. The SMILES string of the molecule is [2H]/C(=C\C(=O)O)CCC. The summed E-state index contributed by atoms with van der Waals surface area (Å²) in [7, 11) is 0. The van der Waals surface area contributed by atoms with Crippen molar-refractivity contribution in [3.63, 3.8) is 0 Å². The predicted octanol–water partition coefficient (Wildman–Crippen LogP) is 1.43. The molecule has 2 heteroatoms. The van der Waals surface area contributed by atoms with Crippen LogP contribution < -0.4 is 0 Å². The predicted molar refractivity (Wildman–Crippen MR) is 31.7 cm³/mol. The Hall–Kier alpha value is -0.790. The fourth-order valence-corrected chi connectivity index (χ4v) is 0.304. The topological polar surface area (TPSA) is 37.3 Å². The Labute approximate surface area is 50.2 Å². The lowest BCUT2D eigenvalue weighted by molar-refractivity contribution is -0.131. The summed E-state index contributed by atoms with van der Waals surface area (Å²) in [6.45, 7) is 1.91. The van der Waals surface area contributed by atoms with Gasteiger partial charge in [-0.2, -0.15) is 0 Å². The fraction of sp³-hybridized carbons (Fsp3) is 0.500. The minimum Gasteiger partial charge on any atom is -0.478 e. The van der Waals surface area contributed by atoms with Gasteiger partial charge in [-0.1, -0.05) is 19.4 Å². The van der Waals surface area contributed by atoms with E-state index in [0.29, 0.717) is 6.42 Å². The molecular weight excluding hydrogens is 104 g/mol. The third kappa shape index (κ3) is 5.21. The van der Waals surface area contributed by atoms with Crippen molar-refractivity contribution < 1.29 is 11.3 Å². The van der Waals surface area contributed by atoms with Crippen LogP contribution in [0.2, 0.25) is 0 Å². The summed E-state index contributed by atoms with van der Waals surface area (Å²) in [4.78, 5) is 9.89. The van der Waals surface area contributed by atoms with Crippen LogP contribution in [0.1, 0.15) is 21.1 Å². The van der Waals surface area contributed by atoms with Crippen molar-refractivity contribution in [2.24, 2.45) is 0 Å². The highest BCUT2D eigenvalue weighted by Gasteiger charge is 1.81. The molecule has 0 heterocycles. The molecule has 0 rings (SSSR count). The third-order valence-electron chi connectivity index (χ3n) is 0.620. The van der Waals surface area contributed by atoms with Crippen molar-refractivity contribution in [1.29, 1.82) is 0 Å². The van der Waals surface area contributed by atoms with E-state index in [4.69, 9.17) is 6.48 Å². The van der Waals surface area contributed by atoms with Crippen molar-refractivity contribution in [2.45, 2.75) is 19.8 Å². The fourth-order valence-electron chi connectivity index (χ4n) is 0.304. The van der Waals surface area contributed by atoms with Crippen LogP contribution in [0.4, 0.5) is 0 Å². The van der Waals surface area contributed by atoms with Crippen LogP contribution in [-0.4, -0.2) is 11.1 Å². The lowest BCUT2D eigenvalue weighted by atomic mass is 10.3. The van der Waals surface area contributed by atoms with Gasteiger partial charge < -0.3 is 5.11 Å². The quantitative estimate of drug-likeness (QED) is 0.565. The molecule has 0 aliphatic carbocycles. The molecule has 0 aliphatic heterocycles. The third-order valence-corrected chi connectivity index (χ3v) is 0.620. The van der Waals surface area contributed by atoms with Gasteiger partial charge in [0.05, 0.1) is 1.37 Å². The first kappa shape index (κ1) is 5.35. The van der Waals surface area contributed by atoms with E-state index in [2.05, 4.69) is 0 Å². The number of hydrogen-bond acceptors (Lipinski definition) is 1. The second-order valence-corrected chi connectivity index (χ2v) is 1.44. The van der Waals surface area contributed by atoms with Crippen LogP contribution in [0.25, 0.3) is 0 Å². The van der Waals surface area contributed by atoms with Gasteiger partial charge in [-0.15, -0.1) is 0 Å². The number of hydrogen-bond donors (Lipinski definition) is 1. The first-order chi connectivity index (χ1) is 4.16. The van der Waals surface area contributed by atoms with Crippen LogP contribution in [0.15, 0.2) is 12.1 Å². The van der Waals surface area contributed by atoms with Crippen molar-refractivity contribution in [3.8, 4) is 0 Å². The van der Waals surface area contributed by atoms with E-state index in [0.717, 1.165) is 12.5 Å². The van der Waals surface area contributed by atoms with E-state index in [1.54, 1.807) is 0 Å². The molecule has 0 fully saturated rings. The second-order valence-electron chi connectivity index (χ2n) is 1.44. The molecule has 0 aliphatic rings. The van der Waals surface area contributed by atoms with Crippen LogP contribution in [0, 0.1) is 0 Å². The maximum absolute atomic E-state index is 9.89. The average molecular weight is 115 g/mol. The summed E-state index contributed by atoms with van der Waals surface area (Å²) in [6.07, 6.45) is 2.29. The Morgan fingerprint density at radius 1 is 2.00 bits per heavy atom. The summed E-state index contributed by atoms with van der Waals surface area (Å²) in [5.41, 5.74) is 0. The molecule has 0 amide bonds. The molecule has 0 aromatic heterocycles. The smallest absolute Gasteiger partial charge is 0.327 e. The molecule has 0 unspecified atom stereocenters. The highest BCUT2D eigenvalue weighted by atomic mass is 16.4. The zero-order chi connectivity index (χ0) is 7.28. The Bertz CT molecular complexity index is 129. The molecule has 2 nitrogen and oxygen atoms in total. The zero-order valence-corrected chi connectivity index (χ0v) is 4.85. The Morgan fingerprint density at radius 2 is 2.62 bits per heavy atom. The largest absolute Gasteiger partial charge is 0.478 e. The molecule has 0 aromatic carbocycles. The van der Waals surface area contributed by atoms with Gasteiger partial charge in [-0.05, 0) is 6.42 Å². The highest BCUT2D eigenvalue weighted by molar-refractivity contribution is 5.79. The first-order valence-electron chi connectivity index (χ1n) is 3.07. The summed E-state index contributed by atoms with van der Waals surface area (Å²) in [5.74, 6) is -1.03. The molecule has 0 bridgehead atoms. The molecule has 0 radical (unpaired) electrons. The van der Waals surface area contributed by atoms with Gasteiger partial charge in [0.2, 0.25) is 0 Å². The van der Waals surface area contributed by atoms with E-state index < -0.39 is 5.97 Å². The first-order valence-corrected chi connectivity index (χ1v) is 2.57. The van der Waals surface area contributed by atoms with Crippen molar-refractivity contribution >= 4 is 5.97 Å². The number of allylic oxidation sites excluding steroid dienone is 1. The van der Waals surface area contributed by atoms with E-state index in [1.165, 1.54) is 0 Å². The van der Waals surface area contributed by atoms with Crippen molar-refractivity contribution in [3.05, 3.63) is 12.1 Å². The lowest BCUT2D eigenvalue weighted by Crippen LogP contribution is -1.84. The maximum atomic E-state index is 9.89. The van der Waals surface area contributed by atoms with Gasteiger partial charge in [0.1, 0.15) is 0 Å². The maximum Gasteiger partial charge on any atom is 0.327 e. The van der Waals surface area contributed by atoms with Crippen LogP contribution >= 0.6 is 0 Å². The lowest BCUT2D eigenvalue weighted by Gasteiger charge is -1.79. The van der Waals surface area contributed by atoms with Gasteiger partial charge in [-0.3, -0.25) is 0 Å². The standard InChI is InChI=1S/C6H10O2/c1-2-3-4-5-6(7)8/h4-5H,2-3H2,1H3,(H,7,8)/b5-4+/i4D. The van der Waals surface area contributed by atoms with Crippen molar-refractivity contribution in [2.75, 3.05) is 0 Å². The van der Waals surface area contributed by atoms with E-state index in [-0.39, 0.29) is 6.05 Å². The molecule has 0 saturated heterocycles. The molecule has 0 saturated carbocycles. The van der Waals surface area contributed by atoms with Crippen molar-refractivity contribution in [1.82, 2.24) is 0 Å². The van der Waals surface area contributed by atoms with Gasteiger partial charge in [0.15, 0.2) is 0 Å². The number of carboxylic acid groups (broad SMARTS) is 1. The zero-order valence-electron chi connectivity index (χ0n) is 5.85. The monoisotopic (exact) mass is 115 g/mol. The van der Waals surface area contributed by atoms with Gasteiger partial charge in [0, 0.05) is 6.08 Å². The van der Waals surface area contributed by atoms with E-state index >= 15 is 0 Å². The summed E-state index contributed by atoms with van der Waals surface area (Å²) in [5, 5.41) is 8.11. The minimum absolute atomic E-state index is 0.185. The number of carboxylic acids is 1. The Balaban J connectivity index is 3.69. The van der Waals surface area contributed by atoms with Crippen LogP contribution in [0.3, 0.4) is 0 Å². The molecule has 0 aromatic rings. The van der Waals surface area contributed by atoms with E-state index in [1.807, 2.05) is 6.92 Å². The van der Waals surface area contributed by atoms with Gasteiger partial charge in [-0.25, -0.2) is 4.79 Å². The number of rotatable bonds is 3. The van der Waals surface area contributed by atoms with Crippen LogP contribution in [-0.2, 0) is 4.79 Å². The summed E-state index contributed by atoms with van der Waals surface area (Å²) < 4.78 is 6.98. The average Bonchev–Trinajstić information content (AvgIpc) is 1.63. The second kappa shape index (κ2) is 4.37. The highest BCUT2D eigenvalue weighted by Crippen LogP contribution is 1.86. The molecule has 8 heavy (non-hydrogen) atoms. The normalized spacial score (nSPS) is 13.1. The molecular formula is C6H10O2. The summed E-state index contributed by atoms with van der Waals surface area (Å²) >= 11 is 0. The van der Waals surface area contributed by atoms with Crippen LogP contribution in [0.5, 0.6) is 0 Å². The Kier molecular flexibility index (Phi) is 2.92.